The third-order valence-corrected chi connectivity index (χ3v) is 4.13. The van der Waals surface area contributed by atoms with E-state index in [9.17, 15) is 14.7 Å². The molecule has 0 atom stereocenters. The van der Waals surface area contributed by atoms with E-state index in [2.05, 4.69) is 0 Å². The molecule has 2 aromatic rings. The predicted molar refractivity (Wildman–Crippen MR) is 79.2 cm³/mol. The molecule has 102 valence electrons. The Bertz CT molecular complexity index is 454. The van der Waals surface area contributed by atoms with Gasteiger partial charge in [0.05, 0.1) is 0 Å². The molecular weight excluding hydrogens is 259 g/mol. The molecular formula is C15H19O3P. The molecule has 0 saturated heterocycles. The van der Waals surface area contributed by atoms with E-state index in [1.165, 1.54) is 0 Å². The van der Waals surface area contributed by atoms with Gasteiger partial charge in [0, 0.05) is 0 Å². The van der Waals surface area contributed by atoms with Gasteiger partial charge < -0.3 is 0 Å². The van der Waals surface area contributed by atoms with Crippen molar-refractivity contribution in [3.63, 3.8) is 0 Å². The number of hydrogen-bond acceptors (Lipinski definition) is 3. The molecule has 3 nitrogen and oxygen atoms in total. The van der Waals surface area contributed by atoms with Crippen LogP contribution >= 0.6 is 7.94 Å². The summed E-state index contributed by atoms with van der Waals surface area (Å²) in [5.41, 5.74) is 2.24. The minimum absolute atomic E-state index is 0.0431. The van der Waals surface area contributed by atoms with E-state index in [1.807, 2.05) is 60.7 Å². The summed E-state index contributed by atoms with van der Waals surface area (Å²) in [7, 11) is -3.99. The summed E-state index contributed by atoms with van der Waals surface area (Å²) in [6.07, 6.45) is 0.561. The first-order chi connectivity index (χ1) is 9.06. The Kier molecular flexibility index (Phi) is 4.67. The molecule has 4 heteroatoms. The summed E-state index contributed by atoms with van der Waals surface area (Å²) in [5, 5.41) is 0. The molecule has 0 saturated carbocycles. The van der Waals surface area contributed by atoms with Crippen LogP contribution in [0.15, 0.2) is 60.7 Å². The van der Waals surface area contributed by atoms with Crippen molar-refractivity contribution in [2.75, 3.05) is 6.16 Å². The molecule has 0 unspecified atom stereocenters. The Morgan fingerprint density at radius 1 is 0.737 bits per heavy atom. The molecule has 3 N–H and O–H groups in total. The van der Waals surface area contributed by atoms with E-state index in [1.54, 1.807) is 0 Å². The van der Waals surface area contributed by atoms with Crippen LogP contribution in [0.3, 0.4) is 0 Å². The van der Waals surface area contributed by atoms with Gasteiger partial charge >= 0.3 is 113 Å². The average molecular weight is 278 g/mol. The third-order valence-electron chi connectivity index (χ3n) is 3.17. The Morgan fingerprint density at radius 3 is 1.53 bits per heavy atom. The summed E-state index contributed by atoms with van der Waals surface area (Å²) in [6, 6.07) is 19.8. The topological polar surface area (TPSA) is 60.7 Å². The van der Waals surface area contributed by atoms with Crippen LogP contribution in [0, 0.1) is 0 Å². The Balaban J connectivity index is 2.24. The van der Waals surface area contributed by atoms with Crippen molar-refractivity contribution >= 4 is 7.94 Å². The van der Waals surface area contributed by atoms with Gasteiger partial charge in [-0.25, -0.2) is 0 Å². The van der Waals surface area contributed by atoms with Gasteiger partial charge in [0.15, 0.2) is 0 Å². The Morgan fingerprint density at radius 2 is 1.16 bits per heavy atom. The van der Waals surface area contributed by atoms with Gasteiger partial charge in [0.1, 0.15) is 0 Å². The van der Waals surface area contributed by atoms with E-state index in [0.29, 0.717) is 6.42 Å². The van der Waals surface area contributed by atoms with Gasteiger partial charge in [-0.3, -0.25) is 0 Å². The number of rotatable bonds is 5. The summed E-state index contributed by atoms with van der Waals surface area (Å²) < 4.78 is 0. The molecule has 0 amide bonds. The zero-order chi connectivity index (χ0) is 13.7. The van der Waals surface area contributed by atoms with E-state index in [0.717, 1.165) is 11.1 Å². The molecule has 19 heavy (non-hydrogen) atoms. The summed E-state index contributed by atoms with van der Waals surface area (Å²) >= 11 is 0. The zero-order valence-electron chi connectivity index (χ0n) is 10.6. The number of hydrogen-bond donors (Lipinski definition) is 3. The van der Waals surface area contributed by atoms with Crippen molar-refractivity contribution in [2.45, 2.75) is 12.3 Å². The maximum absolute atomic E-state index is 9.21. The molecule has 0 fully saturated rings. The first kappa shape index (κ1) is 14.2. The summed E-state index contributed by atoms with van der Waals surface area (Å²) in [5.74, 6) is 0.0701. The minimum atomic E-state index is -3.99. The fraction of sp³-hybridized carbons (Fsp3) is 0.200. The van der Waals surface area contributed by atoms with E-state index in [-0.39, 0.29) is 12.1 Å². The third kappa shape index (κ3) is 4.41. The molecule has 0 aromatic heterocycles. The van der Waals surface area contributed by atoms with Gasteiger partial charge in [0.2, 0.25) is 0 Å². The van der Waals surface area contributed by atoms with Crippen molar-refractivity contribution in [3.05, 3.63) is 71.8 Å². The Hall–Kier alpha value is -1.25. The fourth-order valence-corrected chi connectivity index (χ4v) is 2.91. The summed E-state index contributed by atoms with van der Waals surface area (Å²) in [4.78, 5) is 27.6. The van der Waals surface area contributed by atoms with Crippen LogP contribution in [0.1, 0.15) is 23.5 Å². The van der Waals surface area contributed by atoms with Crippen LogP contribution < -0.4 is 0 Å². The molecule has 0 aliphatic carbocycles. The van der Waals surface area contributed by atoms with E-state index < -0.39 is 7.94 Å². The Labute approximate surface area is 113 Å². The van der Waals surface area contributed by atoms with Crippen LogP contribution in [0.4, 0.5) is 0 Å². The second kappa shape index (κ2) is 6.27. The van der Waals surface area contributed by atoms with Gasteiger partial charge in [-0.2, -0.15) is 0 Å². The molecule has 2 rings (SSSR count). The van der Waals surface area contributed by atoms with Crippen molar-refractivity contribution in [3.8, 4) is 0 Å². The van der Waals surface area contributed by atoms with Gasteiger partial charge in [-0.1, -0.05) is 0 Å². The van der Waals surface area contributed by atoms with Gasteiger partial charge in [0.25, 0.3) is 0 Å². The van der Waals surface area contributed by atoms with E-state index >= 15 is 0 Å². The van der Waals surface area contributed by atoms with Gasteiger partial charge in [-0.05, 0) is 0 Å². The fourth-order valence-electron chi connectivity index (χ4n) is 2.23. The van der Waals surface area contributed by atoms with Crippen LogP contribution in [0.25, 0.3) is 0 Å². The van der Waals surface area contributed by atoms with Crippen LogP contribution in [0.2, 0.25) is 0 Å². The van der Waals surface area contributed by atoms with Gasteiger partial charge in [-0.15, -0.1) is 0 Å². The first-order valence-corrected chi connectivity index (χ1v) is 8.38. The molecule has 0 bridgehead atoms. The molecule has 0 radical (unpaired) electrons. The molecule has 0 aliphatic heterocycles. The molecule has 2 aromatic carbocycles. The normalized spacial score (nSPS) is 12.6. The summed E-state index contributed by atoms with van der Waals surface area (Å²) in [6.45, 7) is 0. The zero-order valence-corrected chi connectivity index (χ0v) is 11.6. The second-order valence-corrected chi connectivity index (χ2v) is 6.74. The van der Waals surface area contributed by atoms with Crippen molar-refractivity contribution < 1.29 is 14.7 Å². The quantitative estimate of drug-likeness (QED) is 0.737. The molecule has 0 aliphatic rings. The SMILES string of the molecule is O[PH](O)(O)CCC(c1ccccc1)c1ccccc1. The average Bonchev–Trinajstić information content (AvgIpc) is 2.40. The molecule has 0 spiro atoms. The standard InChI is InChI=1S/C15H19O3P/c16-19(17,18)12-11-15(13-7-3-1-4-8-13)14-9-5-2-6-10-14/h1-10,15-19H,11-12H2. The first-order valence-electron chi connectivity index (χ1n) is 6.33. The van der Waals surface area contributed by atoms with Crippen LogP contribution in [0.5, 0.6) is 0 Å². The van der Waals surface area contributed by atoms with Crippen molar-refractivity contribution in [2.24, 2.45) is 0 Å². The molecule has 0 heterocycles. The second-order valence-electron chi connectivity index (χ2n) is 4.69. The maximum atomic E-state index is 9.21. The predicted octanol–water partition coefficient (Wildman–Crippen LogP) is 2.68. The van der Waals surface area contributed by atoms with Crippen molar-refractivity contribution in [1.82, 2.24) is 0 Å². The number of benzene rings is 2. The van der Waals surface area contributed by atoms with Crippen LogP contribution in [-0.2, 0) is 0 Å². The monoisotopic (exact) mass is 278 g/mol. The van der Waals surface area contributed by atoms with Crippen molar-refractivity contribution in [1.29, 1.82) is 0 Å². The van der Waals surface area contributed by atoms with Crippen LogP contribution in [-0.4, -0.2) is 20.8 Å². The van der Waals surface area contributed by atoms with E-state index in [4.69, 9.17) is 0 Å².